The van der Waals surface area contributed by atoms with Crippen LogP contribution in [0.25, 0.3) is 0 Å². The number of carbonyl (C=O) groups is 1. The summed E-state index contributed by atoms with van der Waals surface area (Å²) in [6.07, 6.45) is 6.77. The van der Waals surface area contributed by atoms with E-state index < -0.39 is 15.9 Å². The van der Waals surface area contributed by atoms with Gasteiger partial charge in [0.05, 0.1) is 4.90 Å². The molecular formula is C21H20N2O3S. The Morgan fingerprint density at radius 3 is 2.44 bits per heavy atom. The zero-order valence-electron chi connectivity index (χ0n) is 14.8. The van der Waals surface area contributed by atoms with Gasteiger partial charge < -0.3 is 5.32 Å². The van der Waals surface area contributed by atoms with Gasteiger partial charge in [0, 0.05) is 23.9 Å². The predicted octanol–water partition coefficient (Wildman–Crippen LogP) is 2.97. The lowest BCUT2D eigenvalue weighted by molar-refractivity contribution is -0.115. The summed E-state index contributed by atoms with van der Waals surface area (Å²) in [5.41, 5.74) is 2.97. The third-order valence-corrected chi connectivity index (χ3v) is 5.41. The molecule has 0 atom stereocenters. The summed E-state index contributed by atoms with van der Waals surface area (Å²) in [7, 11) is -3.92. The number of amides is 1. The molecular weight excluding hydrogens is 360 g/mol. The van der Waals surface area contributed by atoms with E-state index in [1.807, 2.05) is 37.3 Å². The van der Waals surface area contributed by atoms with E-state index in [9.17, 15) is 13.2 Å². The highest BCUT2D eigenvalue weighted by atomic mass is 32.2. The predicted molar refractivity (Wildman–Crippen MR) is 105 cm³/mol. The summed E-state index contributed by atoms with van der Waals surface area (Å²) in [5, 5.41) is 3.15. The molecule has 0 aromatic heterocycles. The van der Waals surface area contributed by atoms with Gasteiger partial charge in [-0.05, 0) is 30.7 Å². The summed E-state index contributed by atoms with van der Waals surface area (Å²) < 4.78 is 26.9. The summed E-state index contributed by atoms with van der Waals surface area (Å²) >= 11 is 0. The van der Waals surface area contributed by atoms with Crippen LogP contribution in [0.2, 0.25) is 0 Å². The first-order valence-corrected chi connectivity index (χ1v) is 9.94. The number of sulfonamides is 1. The lowest BCUT2D eigenvalue weighted by Gasteiger charge is -2.09. The van der Waals surface area contributed by atoms with E-state index >= 15 is 0 Å². The van der Waals surface area contributed by atoms with E-state index in [4.69, 9.17) is 0 Å². The minimum absolute atomic E-state index is 0.0562. The Morgan fingerprint density at radius 2 is 1.74 bits per heavy atom. The molecule has 0 spiro atoms. The molecule has 6 heteroatoms. The zero-order valence-corrected chi connectivity index (χ0v) is 15.7. The summed E-state index contributed by atoms with van der Waals surface area (Å²) in [6.45, 7) is 2.47. The van der Waals surface area contributed by atoms with Gasteiger partial charge in [-0.25, -0.2) is 13.1 Å². The normalized spacial score (nSPS) is 14.9. The molecule has 0 bridgehead atoms. The number of aryl methyl sites for hydroxylation is 1. The van der Waals surface area contributed by atoms with Gasteiger partial charge in [-0.2, -0.15) is 0 Å². The van der Waals surface area contributed by atoms with Gasteiger partial charge in [0.1, 0.15) is 0 Å². The van der Waals surface area contributed by atoms with Crippen molar-refractivity contribution in [1.29, 1.82) is 0 Å². The van der Waals surface area contributed by atoms with E-state index in [1.165, 1.54) is 12.1 Å². The Hall–Kier alpha value is -3.12. The summed E-state index contributed by atoms with van der Waals surface area (Å²) in [4.78, 5) is 12.5. The average molecular weight is 380 g/mol. The first kappa shape index (κ1) is 18.7. The molecule has 0 fully saturated rings. The number of hydrogen-bond acceptors (Lipinski definition) is 4. The van der Waals surface area contributed by atoms with Crippen molar-refractivity contribution < 1.29 is 13.2 Å². The first-order chi connectivity index (χ1) is 13.0. The van der Waals surface area contributed by atoms with Crippen molar-refractivity contribution in [3.63, 3.8) is 0 Å². The minimum atomic E-state index is -3.92. The van der Waals surface area contributed by atoms with E-state index in [1.54, 1.807) is 36.6 Å². The second-order valence-electron chi connectivity index (χ2n) is 6.15. The van der Waals surface area contributed by atoms with Gasteiger partial charge in [-0.1, -0.05) is 60.2 Å². The third kappa shape index (κ3) is 4.74. The number of nitrogens with one attached hydrogen (secondary N) is 2. The molecule has 2 N–H and O–H groups in total. The average Bonchev–Trinajstić information content (AvgIpc) is 3.11. The molecule has 5 nitrogen and oxygen atoms in total. The second kappa shape index (κ2) is 8.05. The van der Waals surface area contributed by atoms with E-state index in [2.05, 4.69) is 10.0 Å². The third-order valence-electron chi connectivity index (χ3n) is 4.06. The standard InChI is InChI=1S/C21H20N2O3S/c1-16-10-12-19(13-11-16)27(25,26)23-21(24)20-9-5-8-18(20)15-22-14-17-6-3-2-4-7-17/h2-13,15,22H,14H2,1H3,(H,23,24)/b18-15-. The van der Waals surface area contributed by atoms with Gasteiger partial charge in [0.25, 0.3) is 15.9 Å². The van der Waals surface area contributed by atoms with Crippen LogP contribution in [-0.2, 0) is 21.4 Å². The van der Waals surface area contributed by atoms with Crippen molar-refractivity contribution in [3.8, 4) is 0 Å². The fraction of sp³-hybridized carbons (Fsp3) is 0.0952. The molecule has 2 aromatic rings. The number of rotatable bonds is 6. The Kier molecular flexibility index (Phi) is 5.57. The van der Waals surface area contributed by atoms with Crippen molar-refractivity contribution in [2.45, 2.75) is 18.4 Å². The van der Waals surface area contributed by atoms with Gasteiger partial charge in [-0.15, -0.1) is 0 Å². The minimum Gasteiger partial charge on any atom is -0.386 e. The molecule has 0 saturated heterocycles. The van der Waals surface area contributed by atoms with Crippen molar-refractivity contribution in [1.82, 2.24) is 10.0 Å². The highest BCUT2D eigenvalue weighted by Crippen LogP contribution is 2.19. The zero-order chi connectivity index (χ0) is 19.3. The van der Waals surface area contributed by atoms with E-state index in [-0.39, 0.29) is 4.90 Å². The van der Waals surface area contributed by atoms with Crippen LogP contribution >= 0.6 is 0 Å². The monoisotopic (exact) mass is 380 g/mol. The second-order valence-corrected chi connectivity index (χ2v) is 7.84. The quantitative estimate of drug-likeness (QED) is 0.808. The maximum atomic E-state index is 12.5. The van der Waals surface area contributed by atoms with Crippen LogP contribution in [-0.4, -0.2) is 14.3 Å². The molecule has 0 radical (unpaired) electrons. The number of allylic oxidation sites excluding steroid dienone is 3. The molecule has 27 heavy (non-hydrogen) atoms. The van der Waals surface area contributed by atoms with Gasteiger partial charge in [-0.3, -0.25) is 4.79 Å². The van der Waals surface area contributed by atoms with Crippen LogP contribution in [0.5, 0.6) is 0 Å². The molecule has 2 aromatic carbocycles. The van der Waals surface area contributed by atoms with Crippen LogP contribution in [0.1, 0.15) is 11.1 Å². The fourth-order valence-corrected chi connectivity index (χ4v) is 3.56. The lowest BCUT2D eigenvalue weighted by atomic mass is 10.1. The number of hydrogen-bond donors (Lipinski definition) is 2. The Morgan fingerprint density at radius 1 is 1.04 bits per heavy atom. The van der Waals surface area contributed by atoms with Crippen LogP contribution in [0.3, 0.4) is 0 Å². The van der Waals surface area contributed by atoms with Crippen LogP contribution in [0.4, 0.5) is 0 Å². The molecule has 0 heterocycles. The van der Waals surface area contributed by atoms with Crippen LogP contribution in [0.15, 0.2) is 95.1 Å². The van der Waals surface area contributed by atoms with Crippen LogP contribution < -0.4 is 10.0 Å². The molecule has 0 aliphatic heterocycles. The van der Waals surface area contributed by atoms with Crippen molar-refractivity contribution >= 4 is 15.9 Å². The topological polar surface area (TPSA) is 75.3 Å². The van der Waals surface area contributed by atoms with Gasteiger partial charge in [0.15, 0.2) is 0 Å². The lowest BCUT2D eigenvalue weighted by Crippen LogP contribution is -2.32. The van der Waals surface area contributed by atoms with E-state index in [0.717, 1.165) is 11.1 Å². The molecule has 3 rings (SSSR count). The Balaban J connectivity index is 1.67. The number of carbonyl (C=O) groups excluding carboxylic acids is 1. The smallest absolute Gasteiger partial charge is 0.265 e. The highest BCUT2D eigenvalue weighted by molar-refractivity contribution is 7.90. The maximum absolute atomic E-state index is 12.5. The van der Waals surface area contributed by atoms with Crippen molar-refractivity contribution in [2.75, 3.05) is 0 Å². The Labute approximate surface area is 159 Å². The SMILES string of the molecule is Cc1ccc(S(=O)(=O)NC(=O)C2=CC=C/C2=C/NCc2ccccc2)cc1. The largest absolute Gasteiger partial charge is 0.386 e. The Bertz CT molecular complexity index is 1020. The number of benzene rings is 2. The summed E-state index contributed by atoms with van der Waals surface area (Å²) in [5.74, 6) is -0.659. The molecule has 1 amide bonds. The van der Waals surface area contributed by atoms with Gasteiger partial charge in [0.2, 0.25) is 0 Å². The van der Waals surface area contributed by atoms with Crippen LogP contribution in [0, 0.1) is 6.92 Å². The molecule has 1 aliphatic rings. The summed E-state index contributed by atoms with van der Waals surface area (Å²) in [6, 6.07) is 16.2. The highest BCUT2D eigenvalue weighted by Gasteiger charge is 2.22. The van der Waals surface area contributed by atoms with E-state index in [0.29, 0.717) is 17.7 Å². The first-order valence-electron chi connectivity index (χ1n) is 8.46. The molecule has 0 unspecified atom stereocenters. The maximum Gasteiger partial charge on any atom is 0.265 e. The molecule has 1 aliphatic carbocycles. The van der Waals surface area contributed by atoms with Crippen molar-refractivity contribution in [2.24, 2.45) is 0 Å². The molecule has 0 saturated carbocycles. The molecule has 138 valence electrons. The van der Waals surface area contributed by atoms with Gasteiger partial charge >= 0.3 is 0 Å². The fourth-order valence-electron chi connectivity index (χ4n) is 2.59. The van der Waals surface area contributed by atoms with Crippen molar-refractivity contribution in [3.05, 3.63) is 101 Å².